The largest absolute Gasteiger partial charge is 0.485 e. The number of benzene rings is 1. The molecule has 2 rings (SSSR count). The molecule has 90 valence electrons. The number of ether oxygens (including phenoxy) is 1. The van der Waals surface area contributed by atoms with Crippen LogP contribution in [0, 0.1) is 0 Å². The van der Waals surface area contributed by atoms with Crippen molar-refractivity contribution in [1.29, 1.82) is 0 Å². The molecule has 0 saturated carbocycles. The molecule has 4 heteroatoms. The Bertz CT molecular complexity index is 480. The number of hydrogen-bond donors (Lipinski definition) is 0. The Morgan fingerprint density at radius 2 is 2.12 bits per heavy atom. The van der Waals surface area contributed by atoms with E-state index in [0.29, 0.717) is 18.3 Å². The summed E-state index contributed by atoms with van der Waals surface area (Å²) >= 11 is 0. The van der Waals surface area contributed by atoms with E-state index in [4.69, 9.17) is 9.26 Å². The lowest BCUT2D eigenvalue weighted by Crippen LogP contribution is -1.98. The number of aromatic nitrogens is 2. The van der Waals surface area contributed by atoms with Crippen LogP contribution >= 0.6 is 0 Å². The summed E-state index contributed by atoms with van der Waals surface area (Å²) in [5, 5.41) is 3.83. The molecule has 0 aliphatic heterocycles. The van der Waals surface area contributed by atoms with Crippen LogP contribution in [-0.2, 0) is 19.4 Å². The molecule has 0 N–H and O–H groups in total. The van der Waals surface area contributed by atoms with Gasteiger partial charge in [-0.2, -0.15) is 4.98 Å². The molecule has 1 aromatic carbocycles. The van der Waals surface area contributed by atoms with Crippen LogP contribution < -0.4 is 4.74 Å². The minimum Gasteiger partial charge on any atom is -0.485 e. The molecule has 0 atom stereocenters. The van der Waals surface area contributed by atoms with Gasteiger partial charge in [-0.3, -0.25) is 0 Å². The summed E-state index contributed by atoms with van der Waals surface area (Å²) in [7, 11) is 0. The second kappa shape index (κ2) is 5.48. The quantitative estimate of drug-likeness (QED) is 0.795. The average molecular weight is 232 g/mol. The first-order valence-corrected chi connectivity index (χ1v) is 5.85. The molecule has 1 heterocycles. The van der Waals surface area contributed by atoms with Crippen molar-refractivity contribution in [3.05, 3.63) is 41.5 Å². The molecular weight excluding hydrogens is 216 g/mol. The topological polar surface area (TPSA) is 48.2 Å². The van der Waals surface area contributed by atoms with Crippen LogP contribution in [0.2, 0.25) is 0 Å². The van der Waals surface area contributed by atoms with E-state index >= 15 is 0 Å². The van der Waals surface area contributed by atoms with Crippen molar-refractivity contribution in [2.45, 2.75) is 33.3 Å². The summed E-state index contributed by atoms with van der Waals surface area (Å²) in [5.74, 6) is 2.07. The van der Waals surface area contributed by atoms with Crippen LogP contribution in [0.3, 0.4) is 0 Å². The van der Waals surface area contributed by atoms with Crippen LogP contribution in [0.1, 0.15) is 31.1 Å². The minimum atomic E-state index is 0.344. The zero-order valence-electron chi connectivity index (χ0n) is 10.1. The van der Waals surface area contributed by atoms with E-state index in [0.717, 1.165) is 18.6 Å². The van der Waals surface area contributed by atoms with Gasteiger partial charge >= 0.3 is 0 Å². The summed E-state index contributed by atoms with van der Waals surface area (Å²) in [6, 6.07) is 8.03. The Morgan fingerprint density at radius 3 is 2.82 bits per heavy atom. The fourth-order valence-electron chi connectivity index (χ4n) is 1.50. The highest BCUT2D eigenvalue weighted by Crippen LogP contribution is 2.14. The number of rotatable bonds is 5. The Kier molecular flexibility index (Phi) is 3.75. The lowest BCUT2D eigenvalue weighted by molar-refractivity contribution is 0.285. The molecule has 0 fully saturated rings. The van der Waals surface area contributed by atoms with E-state index in [1.807, 2.05) is 25.1 Å². The van der Waals surface area contributed by atoms with Crippen LogP contribution in [0.5, 0.6) is 5.75 Å². The Morgan fingerprint density at radius 1 is 1.24 bits per heavy atom. The van der Waals surface area contributed by atoms with Gasteiger partial charge < -0.3 is 9.26 Å². The normalized spacial score (nSPS) is 10.5. The smallest absolute Gasteiger partial charge is 0.226 e. The predicted molar refractivity (Wildman–Crippen MR) is 63.8 cm³/mol. The Balaban J connectivity index is 1.96. The van der Waals surface area contributed by atoms with Crippen LogP contribution in [0.4, 0.5) is 0 Å². The molecule has 0 bridgehead atoms. The van der Waals surface area contributed by atoms with Crippen LogP contribution in [0.15, 0.2) is 28.8 Å². The van der Waals surface area contributed by atoms with Gasteiger partial charge in [-0.05, 0) is 24.1 Å². The number of hydrogen-bond acceptors (Lipinski definition) is 4. The van der Waals surface area contributed by atoms with Gasteiger partial charge in [-0.15, -0.1) is 0 Å². The van der Waals surface area contributed by atoms with E-state index in [9.17, 15) is 0 Å². The molecule has 2 aromatic rings. The molecule has 0 unspecified atom stereocenters. The maximum atomic E-state index is 5.61. The third kappa shape index (κ3) is 3.06. The summed E-state index contributed by atoms with van der Waals surface area (Å²) < 4.78 is 10.6. The molecule has 0 amide bonds. The monoisotopic (exact) mass is 232 g/mol. The summed E-state index contributed by atoms with van der Waals surface area (Å²) in [5.41, 5.74) is 1.25. The Labute approximate surface area is 101 Å². The third-order valence-electron chi connectivity index (χ3n) is 2.49. The van der Waals surface area contributed by atoms with Crippen molar-refractivity contribution in [2.24, 2.45) is 0 Å². The van der Waals surface area contributed by atoms with Gasteiger partial charge in [0.2, 0.25) is 11.7 Å². The number of aryl methyl sites for hydroxylation is 2. The van der Waals surface area contributed by atoms with Crippen molar-refractivity contribution >= 4 is 0 Å². The Hall–Kier alpha value is -1.84. The molecule has 4 nitrogen and oxygen atoms in total. The van der Waals surface area contributed by atoms with Gasteiger partial charge in [0, 0.05) is 6.42 Å². The first-order chi connectivity index (χ1) is 8.31. The van der Waals surface area contributed by atoms with Gasteiger partial charge in [0.1, 0.15) is 5.75 Å². The molecule has 1 aromatic heterocycles. The van der Waals surface area contributed by atoms with E-state index < -0.39 is 0 Å². The predicted octanol–water partition coefficient (Wildman–Crippen LogP) is 2.77. The van der Waals surface area contributed by atoms with Gasteiger partial charge in [0.25, 0.3) is 0 Å². The van der Waals surface area contributed by atoms with Gasteiger partial charge in [-0.25, -0.2) is 0 Å². The summed E-state index contributed by atoms with van der Waals surface area (Å²) in [6.45, 7) is 4.44. The van der Waals surface area contributed by atoms with Crippen LogP contribution in [-0.4, -0.2) is 10.1 Å². The van der Waals surface area contributed by atoms with Crippen molar-refractivity contribution in [1.82, 2.24) is 10.1 Å². The fraction of sp³-hybridized carbons (Fsp3) is 0.385. The first-order valence-electron chi connectivity index (χ1n) is 5.85. The minimum absolute atomic E-state index is 0.344. The van der Waals surface area contributed by atoms with Crippen LogP contribution in [0.25, 0.3) is 0 Å². The highest BCUT2D eigenvalue weighted by atomic mass is 16.5. The molecular formula is C13H16N2O2. The molecule has 0 saturated heterocycles. The molecule has 0 aliphatic carbocycles. The van der Waals surface area contributed by atoms with E-state index in [1.54, 1.807) is 0 Å². The molecule has 0 aliphatic rings. The van der Waals surface area contributed by atoms with Crippen molar-refractivity contribution < 1.29 is 9.26 Å². The lowest BCUT2D eigenvalue weighted by atomic mass is 10.2. The third-order valence-corrected chi connectivity index (χ3v) is 2.49. The summed E-state index contributed by atoms with van der Waals surface area (Å²) in [4.78, 5) is 4.18. The molecule has 17 heavy (non-hydrogen) atoms. The first kappa shape index (κ1) is 11.6. The van der Waals surface area contributed by atoms with Crippen molar-refractivity contribution in [3.8, 4) is 5.75 Å². The van der Waals surface area contributed by atoms with E-state index in [-0.39, 0.29) is 0 Å². The zero-order chi connectivity index (χ0) is 12.1. The second-order valence-corrected chi connectivity index (χ2v) is 3.75. The SMILES string of the molecule is CCc1cccc(OCc2noc(CC)n2)c1. The van der Waals surface area contributed by atoms with Gasteiger partial charge in [0.15, 0.2) is 6.61 Å². The van der Waals surface area contributed by atoms with Gasteiger partial charge in [-0.1, -0.05) is 31.1 Å². The maximum Gasteiger partial charge on any atom is 0.226 e. The van der Waals surface area contributed by atoms with Gasteiger partial charge in [0.05, 0.1) is 0 Å². The lowest BCUT2D eigenvalue weighted by Gasteiger charge is -2.04. The molecule has 0 radical (unpaired) electrons. The zero-order valence-corrected chi connectivity index (χ0v) is 10.1. The number of nitrogens with zero attached hydrogens (tertiary/aromatic N) is 2. The van der Waals surface area contributed by atoms with Crippen molar-refractivity contribution in [2.75, 3.05) is 0 Å². The highest BCUT2D eigenvalue weighted by molar-refractivity contribution is 5.28. The highest BCUT2D eigenvalue weighted by Gasteiger charge is 2.05. The average Bonchev–Trinajstić information content (AvgIpc) is 2.84. The van der Waals surface area contributed by atoms with E-state index in [1.165, 1.54) is 5.56 Å². The van der Waals surface area contributed by atoms with E-state index in [2.05, 4.69) is 23.1 Å². The second-order valence-electron chi connectivity index (χ2n) is 3.75. The summed E-state index contributed by atoms with van der Waals surface area (Å²) in [6.07, 6.45) is 1.75. The fourth-order valence-corrected chi connectivity index (χ4v) is 1.50. The standard InChI is InChI=1S/C13H16N2O2/c1-3-10-6-5-7-11(8-10)16-9-12-14-13(4-2)17-15-12/h5-8H,3-4,9H2,1-2H3. The maximum absolute atomic E-state index is 5.61. The van der Waals surface area contributed by atoms with Crippen molar-refractivity contribution in [3.63, 3.8) is 0 Å². The molecule has 0 spiro atoms.